The third kappa shape index (κ3) is 33.7. The van der Waals surface area contributed by atoms with E-state index < -0.39 is 75.2 Å². The monoisotopic (exact) mass is 974 g/mol. The summed E-state index contributed by atoms with van der Waals surface area (Å²) < 4.78 is 22.9. The summed E-state index contributed by atoms with van der Waals surface area (Å²) in [6, 6.07) is -1.26. The number of amides is 1. The molecule has 0 heterocycles. The molecule has 1 saturated carbocycles. The summed E-state index contributed by atoms with van der Waals surface area (Å²) in [7, 11) is -5.16. The van der Waals surface area contributed by atoms with Gasteiger partial charge < -0.3 is 46.0 Å². The Morgan fingerprint density at radius 2 is 0.881 bits per heavy atom. The maximum atomic E-state index is 13.1. The standard InChI is InChI=1S/C53H100NO12P/c1-3-5-7-9-11-13-15-17-19-21-23-24-26-28-30-32-34-36-38-40-44(55)42-47(57)54-45(43-65-67(63,64)66-53-51(61)49(59)48(58)50(60)52(53)62)46(56)41-39-37-35-33-31-29-27-25-22-20-18-16-14-12-10-8-6-4-2/h22,25,31,33,39,41,44-46,48-53,55-56,58-62H,3-21,23-24,26-30,32,34-38,40,42-43H2,1-2H3,(H,54,57)(H,63,64)/b25-22+,33-31+,41-39+. The van der Waals surface area contributed by atoms with Crippen molar-refractivity contribution < 1.29 is 59.0 Å². The number of hydrogen-bond donors (Lipinski definition) is 9. The summed E-state index contributed by atoms with van der Waals surface area (Å²) in [4.78, 5) is 23.5. The minimum atomic E-state index is -5.16. The predicted octanol–water partition coefficient (Wildman–Crippen LogP) is 10.5. The lowest BCUT2D eigenvalue weighted by atomic mass is 9.85. The summed E-state index contributed by atoms with van der Waals surface area (Å²) >= 11 is 0. The first-order valence-electron chi connectivity index (χ1n) is 27.0. The van der Waals surface area contributed by atoms with Crippen LogP contribution in [-0.4, -0.2) is 108 Å². The molecule has 0 spiro atoms. The van der Waals surface area contributed by atoms with Gasteiger partial charge in [0, 0.05) is 0 Å². The quantitative estimate of drug-likeness (QED) is 0.0158. The molecule has 1 aliphatic rings. The first-order chi connectivity index (χ1) is 32.3. The van der Waals surface area contributed by atoms with Crippen LogP contribution < -0.4 is 5.32 Å². The number of unbranched alkanes of at least 4 members (excludes halogenated alkanes) is 28. The molecule has 1 amide bonds. The van der Waals surface area contributed by atoms with Crippen molar-refractivity contribution in [1.29, 1.82) is 0 Å². The first-order valence-corrected chi connectivity index (χ1v) is 28.5. The molecule has 14 heteroatoms. The second-order valence-corrected chi connectivity index (χ2v) is 20.7. The largest absolute Gasteiger partial charge is 0.472 e. The van der Waals surface area contributed by atoms with Gasteiger partial charge in [-0.1, -0.05) is 217 Å². The summed E-state index contributed by atoms with van der Waals surface area (Å²) in [5.74, 6) is -0.604. The average Bonchev–Trinajstić information content (AvgIpc) is 3.30. The number of allylic oxidation sites excluding steroid dienone is 5. The number of aliphatic hydroxyl groups excluding tert-OH is 7. The summed E-state index contributed by atoms with van der Waals surface area (Å²) in [6.07, 6.45) is 36.6. The normalized spacial score (nSPS) is 22.5. The molecule has 9 N–H and O–H groups in total. The van der Waals surface area contributed by atoms with Gasteiger partial charge in [0.25, 0.3) is 0 Å². The van der Waals surface area contributed by atoms with Crippen molar-refractivity contribution in [3.63, 3.8) is 0 Å². The minimum absolute atomic E-state index is 0.253. The second-order valence-electron chi connectivity index (χ2n) is 19.3. The van der Waals surface area contributed by atoms with Crippen molar-refractivity contribution in [1.82, 2.24) is 5.32 Å². The Morgan fingerprint density at radius 3 is 1.31 bits per heavy atom. The number of rotatable bonds is 45. The third-order valence-corrected chi connectivity index (χ3v) is 13.9. The highest BCUT2D eigenvalue weighted by Crippen LogP contribution is 2.47. The van der Waals surface area contributed by atoms with Crippen molar-refractivity contribution in [3.05, 3.63) is 36.5 Å². The number of hydrogen-bond acceptors (Lipinski definition) is 11. The highest BCUT2D eigenvalue weighted by atomic mass is 31.2. The van der Waals surface area contributed by atoms with Crippen LogP contribution in [0.4, 0.5) is 0 Å². The molecule has 1 fully saturated rings. The van der Waals surface area contributed by atoms with E-state index in [1.54, 1.807) is 6.08 Å². The fraction of sp³-hybridized carbons (Fsp3) is 0.868. The number of carbonyl (C=O) groups is 1. The average molecular weight is 974 g/mol. The zero-order chi connectivity index (χ0) is 49.4. The van der Waals surface area contributed by atoms with Crippen LogP contribution in [0.5, 0.6) is 0 Å². The Labute approximate surface area is 406 Å². The van der Waals surface area contributed by atoms with Crippen LogP contribution in [0.3, 0.4) is 0 Å². The second kappa shape index (κ2) is 42.2. The molecule has 1 aliphatic carbocycles. The Bertz CT molecular complexity index is 1290. The third-order valence-electron chi connectivity index (χ3n) is 13.0. The zero-order valence-corrected chi connectivity index (χ0v) is 43.0. The molecule has 0 saturated heterocycles. The molecule has 67 heavy (non-hydrogen) atoms. The number of aliphatic hydroxyl groups is 7. The molecule has 0 aromatic heterocycles. The number of phosphoric ester groups is 1. The molecule has 394 valence electrons. The molecule has 8 unspecified atom stereocenters. The highest BCUT2D eigenvalue weighted by molar-refractivity contribution is 7.47. The Morgan fingerprint density at radius 1 is 0.522 bits per heavy atom. The van der Waals surface area contributed by atoms with E-state index in [1.165, 1.54) is 154 Å². The molecule has 0 radical (unpaired) electrons. The van der Waals surface area contributed by atoms with Gasteiger partial charge >= 0.3 is 7.82 Å². The van der Waals surface area contributed by atoms with E-state index in [9.17, 15) is 50.0 Å². The van der Waals surface area contributed by atoms with Gasteiger partial charge in [0.1, 0.15) is 36.6 Å². The van der Waals surface area contributed by atoms with Crippen LogP contribution in [0, 0.1) is 0 Å². The van der Waals surface area contributed by atoms with Crippen LogP contribution >= 0.6 is 7.82 Å². The van der Waals surface area contributed by atoms with Gasteiger partial charge in [-0.05, 0) is 44.9 Å². The van der Waals surface area contributed by atoms with Gasteiger partial charge in [-0.2, -0.15) is 0 Å². The lowest BCUT2D eigenvalue weighted by Gasteiger charge is -2.41. The fourth-order valence-electron chi connectivity index (χ4n) is 8.57. The van der Waals surface area contributed by atoms with Crippen LogP contribution in [-0.2, 0) is 18.4 Å². The fourth-order valence-corrected chi connectivity index (χ4v) is 9.54. The Kier molecular flexibility index (Phi) is 40.0. The van der Waals surface area contributed by atoms with Crippen LogP contribution in [0.1, 0.15) is 232 Å². The lowest BCUT2D eigenvalue weighted by molar-refractivity contribution is -0.220. The highest BCUT2D eigenvalue weighted by Gasteiger charge is 2.51. The molecule has 0 aliphatic heterocycles. The summed E-state index contributed by atoms with van der Waals surface area (Å²) in [5.41, 5.74) is 0. The van der Waals surface area contributed by atoms with Crippen molar-refractivity contribution in [2.75, 3.05) is 6.61 Å². The molecule has 0 bridgehead atoms. The van der Waals surface area contributed by atoms with E-state index >= 15 is 0 Å². The molecular formula is C53H100NO12P. The molecule has 0 aromatic carbocycles. The Balaban J connectivity index is 2.48. The number of nitrogens with one attached hydrogen (secondary N) is 1. The molecular weight excluding hydrogens is 874 g/mol. The van der Waals surface area contributed by atoms with E-state index in [4.69, 9.17) is 9.05 Å². The van der Waals surface area contributed by atoms with E-state index in [0.29, 0.717) is 19.3 Å². The van der Waals surface area contributed by atoms with Gasteiger partial charge in [-0.15, -0.1) is 0 Å². The van der Waals surface area contributed by atoms with Crippen molar-refractivity contribution in [3.8, 4) is 0 Å². The van der Waals surface area contributed by atoms with Crippen molar-refractivity contribution in [2.45, 2.75) is 287 Å². The number of carbonyl (C=O) groups excluding carboxylic acids is 1. The minimum Gasteiger partial charge on any atom is -0.393 e. The lowest BCUT2D eigenvalue weighted by Crippen LogP contribution is -2.64. The number of phosphoric acid groups is 1. The SMILES string of the molecule is CCCCCCCCCC/C=C/CC/C=C/CC/C=C/C(O)C(COP(=O)(O)OC1C(O)C(O)C(O)C(O)C1O)NC(=O)CC(O)CCCCCCCCCCCCCCCCCCCCC. The predicted molar refractivity (Wildman–Crippen MR) is 270 cm³/mol. The van der Waals surface area contributed by atoms with Gasteiger partial charge in [0.2, 0.25) is 5.91 Å². The van der Waals surface area contributed by atoms with Gasteiger partial charge in [0.15, 0.2) is 0 Å². The van der Waals surface area contributed by atoms with Gasteiger partial charge in [0.05, 0.1) is 31.3 Å². The topological polar surface area (TPSA) is 226 Å². The van der Waals surface area contributed by atoms with Crippen molar-refractivity contribution in [2.24, 2.45) is 0 Å². The molecule has 8 atom stereocenters. The molecule has 13 nitrogen and oxygen atoms in total. The molecule has 1 rings (SSSR count). The summed E-state index contributed by atoms with van der Waals surface area (Å²) in [6.45, 7) is 3.75. The maximum absolute atomic E-state index is 13.1. The smallest absolute Gasteiger partial charge is 0.393 e. The van der Waals surface area contributed by atoms with Gasteiger partial charge in [-0.3, -0.25) is 13.8 Å². The van der Waals surface area contributed by atoms with Crippen LogP contribution in [0.2, 0.25) is 0 Å². The summed E-state index contributed by atoms with van der Waals surface area (Å²) in [5, 5.41) is 74.7. The van der Waals surface area contributed by atoms with Crippen LogP contribution in [0.15, 0.2) is 36.5 Å². The van der Waals surface area contributed by atoms with E-state index in [2.05, 4.69) is 43.5 Å². The van der Waals surface area contributed by atoms with Gasteiger partial charge in [-0.25, -0.2) is 4.57 Å². The van der Waals surface area contributed by atoms with E-state index in [0.717, 1.165) is 44.9 Å². The zero-order valence-electron chi connectivity index (χ0n) is 42.1. The molecule has 0 aromatic rings. The van der Waals surface area contributed by atoms with E-state index in [-0.39, 0.29) is 6.42 Å². The first kappa shape index (κ1) is 63.5. The Hall–Kier alpha value is -1.48. The van der Waals surface area contributed by atoms with Crippen molar-refractivity contribution >= 4 is 13.7 Å². The maximum Gasteiger partial charge on any atom is 0.472 e. The van der Waals surface area contributed by atoms with Crippen LogP contribution in [0.25, 0.3) is 0 Å². The van der Waals surface area contributed by atoms with E-state index in [1.807, 2.05) is 0 Å².